The Labute approximate surface area is 215 Å². The summed E-state index contributed by atoms with van der Waals surface area (Å²) in [7, 11) is 1.46. The molecule has 0 bridgehead atoms. The Bertz CT molecular complexity index is 1510. The molecule has 2 aromatic carbocycles. The summed E-state index contributed by atoms with van der Waals surface area (Å²) >= 11 is 2.77. The van der Waals surface area contributed by atoms with Crippen LogP contribution in [-0.2, 0) is 17.6 Å². The monoisotopic (exact) mass is 520 g/mol. The van der Waals surface area contributed by atoms with Gasteiger partial charge in [-0.15, -0.1) is 11.3 Å². The van der Waals surface area contributed by atoms with Crippen LogP contribution in [0.25, 0.3) is 15.9 Å². The number of fused-ring (bicyclic) bond motifs is 3. The molecular weight excluding hydrogens is 496 g/mol. The van der Waals surface area contributed by atoms with E-state index in [4.69, 9.17) is 9.72 Å². The van der Waals surface area contributed by atoms with Gasteiger partial charge in [0.05, 0.1) is 30.2 Å². The molecule has 0 atom stereocenters. The average Bonchev–Trinajstić information content (AvgIpc) is 3.27. The summed E-state index contributed by atoms with van der Waals surface area (Å²) in [6, 6.07) is 14.4. The number of aromatic hydroxyl groups is 1. The minimum Gasteiger partial charge on any atom is -0.504 e. The average molecular weight is 521 g/mol. The summed E-state index contributed by atoms with van der Waals surface area (Å²) in [6.07, 6.45) is 5.43. The van der Waals surface area contributed by atoms with E-state index in [-0.39, 0.29) is 23.0 Å². The lowest BCUT2D eigenvalue weighted by Gasteiger charge is -2.13. The number of hydrogen-bond acceptors (Lipinski definition) is 8. The van der Waals surface area contributed by atoms with Crippen LogP contribution < -0.4 is 15.7 Å². The van der Waals surface area contributed by atoms with E-state index in [1.165, 1.54) is 30.0 Å². The molecule has 0 fully saturated rings. The molecule has 8 nitrogen and oxygen atoms in total. The van der Waals surface area contributed by atoms with Gasteiger partial charge in [0.1, 0.15) is 4.83 Å². The second-order valence-corrected chi connectivity index (χ2v) is 10.3. The number of rotatable bonds is 7. The predicted molar refractivity (Wildman–Crippen MR) is 143 cm³/mol. The molecule has 10 heteroatoms. The molecular formula is C26H24N4O4S2. The first kappa shape index (κ1) is 24.1. The molecule has 36 heavy (non-hydrogen) atoms. The van der Waals surface area contributed by atoms with Crippen molar-refractivity contribution in [1.82, 2.24) is 15.0 Å². The number of hydrazone groups is 1. The minimum atomic E-state index is -0.363. The fourth-order valence-corrected chi connectivity index (χ4v) is 6.34. The summed E-state index contributed by atoms with van der Waals surface area (Å²) in [5.74, 6) is -0.0954. The van der Waals surface area contributed by atoms with Gasteiger partial charge < -0.3 is 9.84 Å². The molecule has 0 radical (unpaired) electrons. The van der Waals surface area contributed by atoms with Gasteiger partial charge in [0.15, 0.2) is 16.7 Å². The Morgan fingerprint density at radius 2 is 2.03 bits per heavy atom. The third-order valence-electron chi connectivity index (χ3n) is 5.95. The van der Waals surface area contributed by atoms with Gasteiger partial charge >= 0.3 is 0 Å². The van der Waals surface area contributed by atoms with Crippen molar-refractivity contribution in [1.29, 1.82) is 0 Å². The number of nitrogens with zero attached hydrogens (tertiary/aromatic N) is 3. The van der Waals surface area contributed by atoms with Crippen molar-refractivity contribution in [2.24, 2.45) is 5.10 Å². The highest BCUT2D eigenvalue weighted by molar-refractivity contribution is 7.99. The Balaban J connectivity index is 1.40. The third kappa shape index (κ3) is 4.74. The molecule has 184 valence electrons. The van der Waals surface area contributed by atoms with Gasteiger partial charge in [-0.1, -0.05) is 36.0 Å². The standard InChI is InChI=1S/C26H24N4O4S2/c1-34-19-12-7-8-16(23(19)32)14-27-29-21(31)15-35-26-28-24-22(18-11-5-6-13-20(18)36-24)25(33)30(26)17-9-3-2-4-10-17/h2-4,7-10,12,14,32H,5-6,11,13,15H2,1H3,(H,29,31)/b27-14-. The number of methoxy groups -OCH3 is 1. The SMILES string of the molecule is COc1cccc(/C=N\NC(=O)CSc2nc3sc4c(c3c(=O)n2-c2ccccc2)CCCC4)c1O. The summed E-state index contributed by atoms with van der Waals surface area (Å²) in [4.78, 5) is 33.0. The maximum Gasteiger partial charge on any atom is 0.267 e. The minimum absolute atomic E-state index is 0.0112. The van der Waals surface area contributed by atoms with E-state index in [1.54, 1.807) is 34.1 Å². The zero-order valence-corrected chi connectivity index (χ0v) is 21.2. The summed E-state index contributed by atoms with van der Waals surface area (Å²) in [6.45, 7) is 0. The molecule has 1 aliphatic carbocycles. The Morgan fingerprint density at radius 3 is 2.83 bits per heavy atom. The number of para-hydroxylation sites is 2. The number of thiophene rings is 1. The van der Waals surface area contributed by atoms with Crippen LogP contribution in [-0.4, -0.2) is 39.6 Å². The van der Waals surface area contributed by atoms with Crippen LogP contribution in [0, 0.1) is 0 Å². The fourth-order valence-electron chi connectivity index (χ4n) is 4.23. The van der Waals surface area contributed by atoms with E-state index < -0.39 is 0 Å². The summed E-state index contributed by atoms with van der Waals surface area (Å²) < 4.78 is 6.68. The van der Waals surface area contributed by atoms with Gasteiger partial charge in [0.2, 0.25) is 0 Å². The van der Waals surface area contributed by atoms with Crippen molar-refractivity contribution >= 4 is 45.4 Å². The number of carbonyl (C=O) groups is 1. The lowest BCUT2D eigenvalue weighted by atomic mass is 9.97. The number of benzene rings is 2. The van der Waals surface area contributed by atoms with Crippen LogP contribution >= 0.6 is 23.1 Å². The van der Waals surface area contributed by atoms with E-state index >= 15 is 0 Å². The molecule has 2 aromatic heterocycles. The highest BCUT2D eigenvalue weighted by Gasteiger charge is 2.23. The molecule has 4 aromatic rings. The topological polar surface area (TPSA) is 106 Å². The number of phenolic OH excluding ortho intramolecular Hbond substituents is 1. The molecule has 0 unspecified atom stereocenters. The maximum absolute atomic E-state index is 13.7. The zero-order chi connectivity index (χ0) is 25.1. The van der Waals surface area contributed by atoms with E-state index in [9.17, 15) is 14.7 Å². The largest absolute Gasteiger partial charge is 0.504 e. The van der Waals surface area contributed by atoms with Gasteiger partial charge in [-0.25, -0.2) is 10.4 Å². The quantitative estimate of drug-likeness (QED) is 0.163. The number of carbonyl (C=O) groups excluding carboxylic acids is 1. The van der Waals surface area contributed by atoms with Gasteiger partial charge in [0.25, 0.3) is 11.5 Å². The Kier molecular flexibility index (Phi) is 7.06. The number of phenols is 1. The van der Waals surface area contributed by atoms with E-state index in [0.717, 1.165) is 36.1 Å². The van der Waals surface area contributed by atoms with Crippen molar-refractivity contribution in [2.45, 2.75) is 30.8 Å². The van der Waals surface area contributed by atoms with Crippen molar-refractivity contribution in [2.75, 3.05) is 12.9 Å². The number of thioether (sulfide) groups is 1. The van der Waals surface area contributed by atoms with E-state index in [1.807, 2.05) is 30.3 Å². The number of amides is 1. The van der Waals surface area contributed by atoms with Gasteiger partial charge in [-0.2, -0.15) is 5.10 Å². The predicted octanol–water partition coefficient (Wildman–Crippen LogP) is 4.28. The number of aryl methyl sites for hydroxylation is 2. The van der Waals surface area contributed by atoms with Gasteiger partial charge in [-0.05, 0) is 55.5 Å². The normalized spacial score (nSPS) is 13.1. The molecule has 0 saturated heterocycles. The fraction of sp³-hybridized carbons (Fsp3) is 0.231. The van der Waals surface area contributed by atoms with Crippen molar-refractivity contribution in [3.05, 3.63) is 74.9 Å². The third-order valence-corrected chi connectivity index (χ3v) is 8.07. The molecule has 2 N–H and O–H groups in total. The number of aromatic nitrogens is 2. The molecule has 0 spiro atoms. The van der Waals surface area contributed by atoms with Crippen molar-refractivity contribution < 1.29 is 14.6 Å². The van der Waals surface area contributed by atoms with E-state index in [0.29, 0.717) is 27.5 Å². The summed E-state index contributed by atoms with van der Waals surface area (Å²) in [5, 5.41) is 15.3. The first-order valence-corrected chi connectivity index (χ1v) is 13.3. The molecule has 0 aliphatic heterocycles. The molecule has 5 rings (SSSR count). The highest BCUT2D eigenvalue weighted by Crippen LogP contribution is 2.35. The van der Waals surface area contributed by atoms with Crippen LogP contribution in [0.1, 0.15) is 28.8 Å². The Hall–Kier alpha value is -3.63. The number of ether oxygens (including phenoxy) is 1. The first-order valence-electron chi connectivity index (χ1n) is 11.5. The van der Waals surface area contributed by atoms with Crippen molar-refractivity contribution in [3.8, 4) is 17.2 Å². The Morgan fingerprint density at radius 1 is 1.22 bits per heavy atom. The van der Waals surface area contributed by atoms with Crippen LogP contribution in [0.5, 0.6) is 11.5 Å². The lowest BCUT2D eigenvalue weighted by Crippen LogP contribution is -2.24. The molecule has 2 heterocycles. The van der Waals surface area contributed by atoms with Crippen LogP contribution in [0.15, 0.2) is 63.6 Å². The van der Waals surface area contributed by atoms with Crippen molar-refractivity contribution in [3.63, 3.8) is 0 Å². The van der Waals surface area contributed by atoms with E-state index in [2.05, 4.69) is 10.5 Å². The summed E-state index contributed by atoms with van der Waals surface area (Å²) in [5.41, 5.74) is 4.62. The second-order valence-electron chi connectivity index (χ2n) is 8.24. The number of hydrogen-bond donors (Lipinski definition) is 2. The van der Waals surface area contributed by atoms with Gasteiger partial charge in [0, 0.05) is 10.4 Å². The molecule has 1 aliphatic rings. The molecule has 1 amide bonds. The highest BCUT2D eigenvalue weighted by atomic mass is 32.2. The van der Waals surface area contributed by atoms with Crippen LogP contribution in [0.4, 0.5) is 0 Å². The van der Waals surface area contributed by atoms with Gasteiger partial charge in [-0.3, -0.25) is 14.2 Å². The first-order chi connectivity index (χ1) is 17.6. The zero-order valence-electron chi connectivity index (χ0n) is 19.6. The maximum atomic E-state index is 13.7. The smallest absolute Gasteiger partial charge is 0.267 e. The van der Waals surface area contributed by atoms with Crippen LogP contribution in [0.3, 0.4) is 0 Å². The molecule has 0 saturated carbocycles. The number of nitrogens with one attached hydrogen (secondary N) is 1. The van der Waals surface area contributed by atoms with Crippen LogP contribution in [0.2, 0.25) is 0 Å². The lowest BCUT2D eigenvalue weighted by molar-refractivity contribution is -0.118. The second kappa shape index (κ2) is 10.5.